The highest BCUT2D eigenvalue weighted by Crippen LogP contribution is 2.28. The van der Waals surface area contributed by atoms with Crippen molar-refractivity contribution in [2.24, 2.45) is 5.73 Å². The second-order valence-electron chi connectivity index (χ2n) is 3.15. The van der Waals surface area contributed by atoms with Crippen LogP contribution < -0.4 is 11.5 Å². The van der Waals surface area contributed by atoms with Crippen LogP contribution in [-0.4, -0.2) is 11.1 Å². The number of aromatic nitrogens is 1. The number of amides is 1. The van der Waals surface area contributed by atoms with Gasteiger partial charge in [-0.1, -0.05) is 33.2 Å². The number of hydrogen-bond acceptors (Lipinski definition) is 4. The van der Waals surface area contributed by atoms with Gasteiger partial charge < -0.3 is 16.0 Å². The molecular formula is C10H8BrN3O2. The van der Waals surface area contributed by atoms with Crippen molar-refractivity contribution in [2.75, 3.05) is 5.73 Å². The summed E-state index contributed by atoms with van der Waals surface area (Å²) < 4.78 is 5.72. The third kappa shape index (κ3) is 1.79. The van der Waals surface area contributed by atoms with Crippen LogP contribution in [0.5, 0.6) is 0 Å². The first-order valence-corrected chi connectivity index (χ1v) is 5.20. The van der Waals surface area contributed by atoms with Gasteiger partial charge in [0.05, 0.1) is 0 Å². The van der Waals surface area contributed by atoms with E-state index >= 15 is 0 Å². The Labute approximate surface area is 99.5 Å². The minimum atomic E-state index is -0.728. The van der Waals surface area contributed by atoms with Gasteiger partial charge in [0.2, 0.25) is 5.76 Å². The molecule has 16 heavy (non-hydrogen) atoms. The maximum Gasteiger partial charge on any atom is 0.289 e. The highest BCUT2D eigenvalue weighted by Gasteiger charge is 2.18. The molecule has 0 radical (unpaired) electrons. The molecular weight excluding hydrogens is 274 g/mol. The summed E-state index contributed by atoms with van der Waals surface area (Å²) in [6.45, 7) is 0. The number of benzene rings is 1. The van der Waals surface area contributed by atoms with Crippen molar-refractivity contribution in [3.05, 3.63) is 34.5 Å². The Hall–Kier alpha value is -1.82. The van der Waals surface area contributed by atoms with E-state index in [0.29, 0.717) is 5.69 Å². The van der Waals surface area contributed by atoms with Gasteiger partial charge in [-0.05, 0) is 12.1 Å². The predicted octanol–water partition coefficient (Wildman–Crippen LogP) is 1.79. The summed E-state index contributed by atoms with van der Waals surface area (Å²) in [7, 11) is 0. The lowest BCUT2D eigenvalue weighted by Gasteiger charge is -1.97. The van der Waals surface area contributed by atoms with Crippen LogP contribution in [0.25, 0.3) is 11.3 Å². The van der Waals surface area contributed by atoms with E-state index in [-0.39, 0.29) is 11.4 Å². The maximum atomic E-state index is 10.9. The van der Waals surface area contributed by atoms with E-state index < -0.39 is 5.91 Å². The first kappa shape index (κ1) is 10.7. The van der Waals surface area contributed by atoms with Gasteiger partial charge >= 0.3 is 0 Å². The summed E-state index contributed by atoms with van der Waals surface area (Å²) in [6, 6.07) is 7.30. The summed E-state index contributed by atoms with van der Waals surface area (Å²) in [5.41, 5.74) is 12.1. The summed E-state index contributed by atoms with van der Waals surface area (Å²) >= 11 is 3.32. The molecule has 82 valence electrons. The number of carbonyl (C=O) groups is 1. The number of hydrogen-bond donors (Lipinski definition) is 2. The topological polar surface area (TPSA) is 95.1 Å². The molecule has 1 aromatic heterocycles. The number of halogens is 1. The zero-order valence-electron chi connectivity index (χ0n) is 8.11. The van der Waals surface area contributed by atoms with E-state index in [1.807, 2.05) is 24.3 Å². The first-order valence-electron chi connectivity index (χ1n) is 4.40. The number of anilines is 1. The zero-order valence-corrected chi connectivity index (χ0v) is 9.69. The number of primary amides is 1. The zero-order chi connectivity index (χ0) is 11.7. The largest absolute Gasteiger partial charge is 0.394 e. The van der Waals surface area contributed by atoms with Crippen LogP contribution in [0.4, 0.5) is 5.69 Å². The molecule has 0 aliphatic heterocycles. The fourth-order valence-electron chi connectivity index (χ4n) is 1.29. The minimum Gasteiger partial charge on any atom is -0.394 e. The molecule has 0 spiro atoms. The number of nitrogens with zero attached hydrogens (tertiary/aromatic N) is 1. The lowest BCUT2D eigenvalue weighted by molar-refractivity contribution is 0.0966. The van der Waals surface area contributed by atoms with E-state index in [0.717, 1.165) is 10.0 Å². The molecule has 2 aromatic rings. The molecule has 0 aliphatic rings. The third-order valence-corrected chi connectivity index (χ3v) is 2.60. The van der Waals surface area contributed by atoms with Crippen LogP contribution in [0.2, 0.25) is 0 Å². The Kier molecular flexibility index (Phi) is 2.66. The van der Waals surface area contributed by atoms with Crippen molar-refractivity contribution in [2.45, 2.75) is 0 Å². The van der Waals surface area contributed by atoms with Crippen LogP contribution in [0.3, 0.4) is 0 Å². The van der Waals surface area contributed by atoms with Crippen molar-refractivity contribution in [1.29, 1.82) is 0 Å². The molecule has 6 heteroatoms. The lowest BCUT2D eigenvalue weighted by Crippen LogP contribution is -2.11. The second kappa shape index (κ2) is 3.97. The average Bonchev–Trinajstić information content (AvgIpc) is 2.61. The van der Waals surface area contributed by atoms with Gasteiger partial charge in [-0.3, -0.25) is 4.79 Å². The van der Waals surface area contributed by atoms with Gasteiger partial charge in [0, 0.05) is 10.0 Å². The smallest absolute Gasteiger partial charge is 0.289 e. The number of carbonyl (C=O) groups excluding carboxylic acids is 1. The van der Waals surface area contributed by atoms with E-state index in [9.17, 15) is 4.79 Å². The molecule has 1 aromatic carbocycles. The van der Waals surface area contributed by atoms with E-state index in [1.54, 1.807) is 0 Å². The molecule has 0 aliphatic carbocycles. The Morgan fingerprint density at radius 3 is 2.44 bits per heavy atom. The monoisotopic (exact) mass is 281 g/mol. The average molecular weight is 282 g/mol. The molecule has 2 rings (SSSR count). The Morgan fingerprint density at radius 2 is 1.94 bits per heavy atom. The number of nitrogens with two attached hydrogens (primary N) is 2. The molecule has 0 saturated heterocycles. The quantitative estimate of drug-likeness (QED) is 0.877. The van der Waals surface area contributed by atoms with Gasteiger partial charge in [0.15, 0.2) is 0 Å². The normalized spacial score (nSPS) is 10.3. The molecule has 0 unspecified atom stereocenters. The number of nitrogen functional groups attached to an aromatic ring is 1. The Morgan fingerprint density at radius 1 is 1.31 bits per heavy atom. The first-order chi connectivity index (χ1) is 7.59. The summed E-state index contributed by atoms with van der Waals surface area (Å²) in [6.07, 6.45) is 0. The minimum absolute atomic E-state index is 0.113. The number of rotatable bonds is 2. The molecule has 5 nitrogen and oxygen atoms in total. The molecule has 0 saturated carbocycles. The molecule has 1 amide bonds. The van der Waals surface area contributed by atoms with Crippen molar-refractivity contribution in [3.8, 4) is 11.3 Å². The molecule has 4 N–H and O–H groups in total. The van der Waals surface area contributed by atoms with E-state index in [4.69, 9.17) is 16.0 Å². The molecule has 0 fully saturated rings. The van der Waals surface area contributed by atoms with E-state index in [1.165, 1.54) is 0 Å². The van der Waals surface area contributed by atoms with Crippen LogP contribution in [0, 0.1) is 0 Å². The van der Waals surface area contributed by atoms with Crippen LogP contribution in [0.1, 0.15) is 10.6 Å². The van der Waals surface area contributed by atoms with Crippen molar-refractivity contribution >= 4 is 27.5 Å². The molecule has 1 heterocycles. The lowest BCUT2D eigenvalue weighted by atomic mass is 10.1. The van der Waals surface area contributed by atoms with Gasteiger partial charge in [-0.25, -0.2) is 0 Å². The SMILES string of the molecule is NC(=O)c1onc(-c2ccc(Br)cc2)c1N. The second-order valence-corrected chi connectivity index (χ2v) is 4.06. The van der Waals surface area contributed by atoms with Gasteiger partial charge in [-0.2, -0.15) is 0 Å². The summed E-state index contributed by atoms with van der Waals surface area (Å²) in [5.74, 6) is -0.841. The predicted molar refractivity (Wildman–Crippen MR) is 62.6 cm³/mol. The van der Waals surface area contributed by atoms with E-state index in [2.05, 4.69) is 21.1 Å². The van der Waals surface area contributed by atoms with Crippen molar-refractivity contribution < 1.29 is 9.32 Å². The van der Waals surface area contributed by atoms with Gasteiger partial charge in [0.25, 0.3) is 5.91 Å². The van der Waals surface area contributed by atoms with Crippen molar-refractivity contribution in [1.82, 2.24) is 5.16 Å². The highest BCUT2D eigenvalue weighted by atomic mass is 79.9. The van der Waals surface area contributed by atoms with Gasteiger partial charge in [-0.15, -0.1) is 0 Å². The Balaban J connectivity index is 2.49. The standard InChI is InChI=1S/C10H8BrN3O2/c11-6-3-1-5(2-4-6)8-7(12)9(10(13)15)16-14-8/h1-4H,12H2,(H2,13,15). The fourth-order valence-corrected chi connectivity index (χ4v) is 1.56. The summed E-state index contributed by atoms with van der Waals surface area (Å²) in [4.78, 5) is 10.9. The third-order valence-electron chi connectivity index (χ3n) is 2.07. The summed E-state index contributed by atoms with van der Waals surface area (Å²) in [5, 5.41) is 3.72. The van der Waals surface area contributed by atoms with Crippen LogP contribution >= 0.6 is 15.9 Å². The van der Waals surface area contributed by atoms with Crippen LogP contribution in [0.15, 0.2) is 33.3 Å². The molecule has 0 bridgehead atoms. The Bertz CT molecular complexity index is 533. The van der Waals surface area contributed by atoms with Crippen molar-refractivity contribution in [3.63, 3.8) is 0 Å². The fraction of sp³-hybridized carbons (Fsp3) is 0. The highest BCUT2D eigenvalue weighted by molar-refractivity contribution is 9.10. The van der Waals surface area contributed by atoms with Gasteiger partial charge in [0.1, 0.15) is 11.4 Å². The molecule has 0 atom stereocenters. The maximum absolute atomic E-state index is 10.9. The van der Waals surface area contributed by atoms with Crippen LogP contribution in [-0.2, 0) is 0 Å².